The van der Waals surface area contributed by atoms with Crippen LogP contribution < -0.4 is 20.3 Å². The quantitative estimate of drug-likeness (QED) is 0.646. The summed E-state index contributed by atoms with van der Waals surface area (Å²) in [7, 11) is 1.50. The smallest absolute Gasteiger partial charge is 0.269 e. The van der Waals surface area contributed by atoms with Crippen LogP contribution in [0, 0.1) is 5.92 Å². The van der Waals surface area contributed by atoms with Gasteiger partial charge in [-0.2, -0.15) is 0 Å². The number of likely N-dealkylation sites (tertiary alicyclic amines) is 1. The zero-order valence-corrected chi connectivity index (χ0v) is 18.4. The van der Waals surface area contributed by atoms with E-state index in [0.717, 1.165) is 12.0 Å². The van der Waals surface area contributed by atoms with Crippen LogP contribution in [0.3, 0.4) is 0 Å². The van der Waals surface area contributed by atoms with Crippen LogP contribution in [0.25, 0.3) is 0 Å². The van der Waals surface area contributed by atoms with Crippen molar-refractivity contribution in [2.45, 2.75) is 26.2 Å². The van der Waals surface area contributed by atoms with Crippen LogP contribution in [-0.4, -0.2) is 49.4 Å². The Bertz CT molecular complexity index is 948. The number of piperidine rings is 1. The summed E-state index contributed by atoms with van der Waals surface area (Å²) in [6, 6.07) is 14.3. The minimum Gasteiger partial charge on any atom is -0.493 e. The lowest BCUT2D eigenvalue weighted by Crippen LogP contribution is -2.50. The second kappa shape index (κ2) is 11.2. The van der Waals surface area contributed by atoms with Gasteiger partial charge >= 0.3 is 0 Å². The van der Waals surface area contributed by atoms with E-state index in [0.29, 0.717) is 49.6 Å². The van der Waals surface area contributed by atoms with Crippen LogP contribution in [0.15, 0.2) is 48.5 Å². The fourth-order valence-electron chi connectivity index (χ4n) is 3.68. The van der Waals surface area contributed by atoms with Gasteiger partial charge in [0.1, 0.15) is 0 Å². The van der Waals surface area contributed by atoms with Gasteiger partial charge in [-0.25, -0.2) is 0 Å². The molecule has 1 heterocycles. The van der Waals surface area contributed by atoms with Crippen molar-refractivity contribution in [2.24, 2.45) is 5.92 Å². The lowest BCUT2D eigenvalue weighted by atomic mass is 9.97. The Morgan fingerprint density at radius 3 is 2.56 bits per heavy atom. The third-order valence-corrected chi connectivity index (χ3v) is 5.37. The number of carbonyl (C=O) groups is 3. The van der Waals surface area contributed by atoms with E-state index in [1.54, 1.807) is 23.1 Å². The van der Waals surface area contributed by atoms with Gasteiger partial charge in [-0.3, -0.25) is 25.2 Å². The van der Waals surface area contributed by atoms with Crippen LogP contribution in [0.2, 0.25) is 0 Å². The van der Waals surface area contributed by atoms with Crippen molar-refractivity contribution in [3.8, 4) is 11.5 Å². The van der Waals surface area contributed by atoms with Gasteiger partial charge in [-0.15, -0.1) is 0 Å². The number of ether oxygens (including phenoxy) is 2. The first-order valence-corrected chi connectivity index (χ1v) is 10.7. The third-order valence-electron chi connectivity index (χ3n) is 5.37. The van der Waals surface area contributed by atoms with Crippen LogP contribution >= 0.6 is 0 Å². The van der Waals surface area contributed by atoms with Gasteiger partial charge in [0.15, 0.2) is 11.5 Å². The topological polar surface area (TPSA) is 97.0 Å². The van der Waals surface area contributed by atoms with E-state index in [4.69, 9.17) is 9.47 Å². The molecular formula is C24H29N3O5. The van der Waals surface area contributed by atoms with E-state index < -0.39 is 5.91 Å². The van der Waals surface area contributed by atoms with Crippen molar-refractivity contribution in [1.82, 2.24) is 15.8 Å². The van der Waals surface area contributed by atoms with Crippen LogP contribution in [0.1, 0.15) is 35.7 Å². The highest BCUT2D eigenvalue weighted by Gasteiger charge is 2.28. The summed E-state index contributed by atoms with van der Waals surface area (Å²) in [4.78, 5) is 39.4. The maximum absolute atomic E-state index is 12.6. The summed E-state index contributed by atoms with van der Waals surface area (Å²) >= 11 is 0. The standard InChI is InChI=1S/C24H29N3O5/c1-3-32-20-12-11-18(15-21(20)31-2)23(29)25-26-24(30)19-10-7-13-27(16-19)22(28)14-17-8-5-4-6-9-17/h4-6,8-9,11-12,15,19H,3,7,10,13-14,16H2,1-2H3,(H,25,29)(H,26,30). The number of nitrogens with one attached hydrogen (secondary N) is 2. The van der Waals surface area contributed by atoms with E-state index >= 15 is 0 Å². The van der Waals surface area contributed by atoms with E-state index in [9.17, 15) is 14.4 Å². The zero-order chi connectivity index (χ0) is 22.9. The molecule has 170 valence electrons. The molecule has 3 rings (SSSR count). The van der Waals surface area contributed by atoms with E-state index in [-0.39, 0.29) is 17.7 Å². The fraction of sp³-hybridized carbons (Fsp3) is 0.375. The predicted molar refractivity (Wildman–Crippen MR) is 119 cm³/mol. The second-order valence-corrected chi connectivity index (χ2v) is 7.58. The number of hydrogen-bond donors (Lipinski definition) is 2. The Hall–Kier alpha value is -3.55. The first-order chi connectivity index (χ1) is 15.5. The van der Waals surface area contributed by atoms with Crippen LogP contribution in [0.4, 0.5) is 0 Å². The van der Waals surface area contributed by atoms with Crippen molar-refractivity contribution in [3.63, 3.8) is 0 Å². The molecule has 0 aromatic heterocycles. The van der Waals surface area contributed by atoms with Crippen molar-refractivity contribution in [3.05, 3.63) is 59.7 Å². The molecule has 8 nitrogen and oxygen atoms in total. The van der Waals surface area contributed by atoms with Crippen molar-refractivity contribution < 1.29 is 23.9 Å². The molecule has 0 spiro atoms. The lowest BCUT2D eigenvalue weighted by Gasteiger charge is -2.32. The number of nitrogens with zero attached hydrogens (tertiary/aromatic N) is 1. The number of hydrazine groups is 1. The van der Waals surface area contributed by atoms with Gasteiger partial charge in [0.05, 0.1) is 26.1 Å². The Labute approximate surface area is 187 Å². The largest absolute Gasteiger partial charge is 0.493 e. The highest BCUT2D eigenvalue weighted by atomic mass is 16.5. The maximum Gasteiger partial charge on any atom is 0.269 e. The van der Waals surface area contributed by atoms with Gasteiger partial charge in [-0.1, -0.05) is 30.3 Å². The molecule has 8 heteroatoms. The highest BCUT2D eigenvalue weighted by molar-refractivity contribution is 5.96. The Morgan fingerprint density at radius 2 is 1.84 bits per heavy atom. The van der Waals surface area contributed by atoms with Crippen LogP contribution in [0.5, 0.6) is 11.5 Å². The zero-order valence-electron chi connectivity index (χ0n) is 18.4. The highest BCUT2D eigenvalue weighted by Crippen LogP contribution is 2.28. The summed E-state index contributed by atoms with van der Waals surface area (Å²) in [5, 5.41) is 0. The minimum atomic E-state index is -0.465. The Kier molecular flexibility index (Phi) is 8.08. The van der Waals surface area contributed by atoms with E-state index in [1.165, 1.54) is 7.11 Å². The molecule has 1 aliphatic rings. The lowest BCUT2D eigenvalue weighted by molar-refractivity contribution is -0.135. The second-order valence-electron chi connectivity index (χ2n) is 7.58. The molecule has 0 saturated carbocycles. The SMILES string of the molecule is CCOc1ccc(C(=O)NNC(=O)C2CCCN(C(=O)Cc3ccccc3)C2)cc1OC. The number of rotatable bonds is 7. The summed E-state index contributed by atoms with van der Waals surface area (Å²) in [6.07, 6.45) is 1.71. The monoisotopic (exact) mass is 439 g/mol. The number of methoxy groups -OCH3 is 1. The molecule has 1 saturated heterocycles. The summed E-state index contributed by atoms with van der Waals surface area (Å²) < 4.78 is 10.7. The van der Waals surface area contributed by atoms with E-state index in [2.05, 4.69) is 10.9 Å². The summed E-state index contributed by atoms with van der Waals surface area (Å²) in [5.74, 6) is -0.178. The molecule has 2 aromatic carbocycles. The Balaban J connectivity index is 1.53. The molecule has 1 fully saturated rings. The first kappa shape index (κ1) is 23.1. The molecule has 0 aliphatic carbocycles. The third kappa shape index (κ3) is 6.00. The van der Waals surface area contributed by atoms with Crippen molar-refractivity contribution >= 4 is 17.7 Å². The molecule has 32 heavy (non-hydrogen) atoms. The molecule has 0 bridgehead atoms. The average Bonchev–Trinajstić information content (AvgIpc) is 2.83. The fourth-order valence-corrected chi connectivity index (χ4v) is 3.68. The Morgan fingerprint density at radius 1 is 1.06 bits per heavy atom. The molecule has 2 N–H and O–H groups in total. The minimum absolute atomic E-state index is 0.000724. The van der Waals surface area contributed by atoms with E-state index in [1.807, 2.05) is 37.3 Å². The first-order valence-electron chi connectivity index (χ1n) is 10.7. The molecule has 3 amide bonds. The van der Waals surface area contributed by atoms with Crippen LogP contribution in [-0.2, 0) is 16.0 Å². The van der Waals surface area contributed by atoms with Gasteiger partial charge < -0.3 is 14.4 Å². The number of amides is 3. The molecule has 0 radical (unpaired) electrons. The molecule has 2 aromatic rings. The molecule has 1 atom stereocenters. The number of hydrogen-bond acceptors (Lipinski definition) is 5. The van der Waals surface area contributed by atoms with Gasteiger partial charge in [-0.05, 0) is 43.5 Å². The van der Waals surface area contributed by atoms with Crippen molar-refractivity contribution in [1.29, 1.82) is 0 Å². The summed E-state index contributed by atoms with van der Waals surface area (Å²) in [6.45, 7) is 3.31. The number of benzene rings is 2. The van der Waals surface area contributed by atoms with Gasteiger partial charge in [0.25, 0.3) is 5.91 Å². The predicted octanol–water partition coefficient (Wildman–Crippen LogP) is 2.34. The normalized spacial score (nSPS) is 15.6. The molecular weight excluding hydrogens is 410 g/mol. The maximum atomic E-state index is 12.6. The molecule has 1 aliphatic heterocycles. The average molecular weight is 440 g/mol. The summed E-state index contributed by atoms with van der Waals surface area (Å²) in [5.41, 5.74) is 6.21. The van der Waals surface area contributed by atoms with Crippen molar-refractivity contribution in [2.75, 3.05) is 26.8 Å². The van der Waals surface area contributed by atoms with Gasteiger partial charge in [0, 0.05) is 18.7 Å². The number of carbonyl (C=O) groups excluding carboxylic acids is 3. The molecule has 1 unspecified atom stereocenters. The van der Waals surface area contributed by atoms with Gasteiger partial charge in [0.2, 0.25) is 11.8 Å².